The van der Waals surface area contributed by atoms with Crippen LogP contribution >= 0.6 is 0 Å². The number of rotatable bonds is 1. The summed E-state index contributed by atoms with van der Waals surface area (Å²) in [6, 6.07) is 0.843. The number of nitrogens with two attached hydrogens (primary N) is 1. The molecule has 16 heavy (non-hydrogen) atoms. The molecule has 0 unspecified atom stereocenters. The average Bonchev–Trinajstić information content (AvgIpc) is 2.12. The summed E-state index contributed by atoms with van der Waals surface area (Å²) in [5.41, 5.74) is 3.60. The van der Waals surface area contributed by atoms with E-state index < -0.39 is 35.1 Å². The molecule has 0 aromatic heterocycles. The highest BCUT2D eigenvalue weighted by Gasteiger charge is 2.39. The topological polar surface area (TPSA) is 55.1 Å². The van der Waals surface area contributed by atoms with Gasteiger partial charge in [-0.05, 0) is 6.07 Å². The van der Waals surface area contributed by atoms with Gasteiger partial charge in [0.25, 0.3) is 0 Å². The number of carbonyl (C=O) groups excluding carboxylic acids is 1. The number of carbonyl (C=O) groups is 1. The van der Waals surface area contributed by atoms with Gasteiger partial charge in [-0.3, -0.25) is 4.79 Å². The van der Waals surface area contributed by atoms with Gasteiger partial charge >= 0.3 is 12.1 Å². The number of amides is 1. The Morgan fingerprint density at radius 2 is 1.75 bits per heavy atom. The van der Waals surface area contributed by atoms with Crippen molar-refractivity contribution in [3.8, 4) is 0 Å². The van der Waals surface area contributed by atoms with Crippen molar-refractivity contribution < 1.29 is 26.7 Å². The molecule has 0 bridgehead atoms. The summed E-state index contributed by atoms with van der Waals surface area (Å²) < 4.78 is 61.0. The Kier molecular flexibility index (Phi) is 3.02. The van der Waals surface area contributed by atoms with E-state index in [4.69, 9.17) is 5.73 Å². The number of hydrogen-bond acceptors (Lipinski definition) is 2. The van der Waals surface area contributed by atoms with E-state index in [2.05, 4.69) is 0 Å². The van der Waals surface area contributed by atoms with Crippen molar-refractivity contribution in [1.29, 1.82) is 0 Å². The SMILES string of the molecule is Nc1cc(NC(=O)C(F)(F)F)c(F)cc1F. The maximum absolute atomic E-state index is 12.9. The highest BCUT2D eigenvalue weighted by Crippen LogP contribution is 2.23. The van der Waals surface area contributed by atoms with Gasteiger partial charge in [0.1, 0.15) is 11.6 Å². The van der Waals surface area contributed by atoms with Crippen LogP contribution in [0.4, 0.5) is 33.3 Å². The van der Waals surface area contributed by atoms with Crippen LogP contribution in [0.3, 0.4) is 0 Å². The minimum atomic E-state index is -5.16. The lowest BCUT2D eigenvalue weighted by atomic mass is 10.2. The van der Waals surface area contributed by atoms with Gasteiger partial charge in [0.2, 0.25) is 0 Å². The van der Waals surface area contributed by atoms with E-state index in [0.717, 1.165) is 0 Å². The molecule has 1 aromatic carbocycles. The Hall–Kier alpha value is -1.86. The van der Waals surface area contributed by atoms with Crippen molar-refractivity contribution in [2.75, 3.05) is 11.1 Å². The largest absolute Gasteiger partial charge is 0.471 e. The zero-order valence-corrected chi connectivity index (χ0v) is 7.53. The van der Waals surface area contributed by atoms with Crippen molar-refractivity contribution in [3.05, 3.63) is 23.8 Å². The smallest absolute Gasteiger partial charge is 0.396 e. The maximum Gasteiger partial charge on any atom is 0.471 e. The second-order valence-electron chi connectivity index (χ2n) is 2.81. The van der Waals surface area contributed by atoms with Crippen LogP contribution in [0.2, 0.25) is 0 Å². The number of alkyl halides is 3. The third-order valence-electron chi connectivity index (χ3n) is 1.59. The third-order valence-corrected chi connectivity index (χ3v) is 1.59. The van der Waals surface area contributed by atoms with E-state index in [1.807, 2.05) is 0 Å². The Bertz CT molecular complexity index is 429. The second kappa shape index (κ2) is 3.95. The summed E-state index contributed by atoms with van der Waals surface area (Å²) in [6.07, 6.45) is -5.16. The molecule has 1 rings (SSSR count). The summed E-state index contributed by atoms with van der Waals surface area (Å²) in [4.78, 5) is 10.4. The minimum absolute atomic E-state index is 0.279. The van der Waals surface area contributed by atoms with Crippen LogP contribution in [0.25, 0.3) is 0 Å². The standard InChI is InChI=1S/C8H5F5N2O/c9-3-1-4(10)6(2-5(3)14)15-7(16)8(11,12)13/h1-2H,14H2,(H,15,16). The first-order valence-corrected chi connectivity index (χ1v) is 3.84. The summed E-state index contributed by atoms with van der Waals surface area (Å²) >= 11 is 0. The first-order chi connectivity index (χ1) is 7.21. The minimum Gasteiger partial charge on any atom is -0.396 e. The van der Waals surface area contributed by atoms with Crippen LogP contribution in [0.1, 0.15) is 0 Å². The Balaban J connectivity index is 2.99. The van der Waals surface area contributed by atoms with Crippen molar-refractivity contribution in [1.82, 2.24) is 0 Å². The lowest BCUT2D eigenvalue weighted by Gasteiger charge is -2.09. The quantitative estimate of drug-likeness (QED) is 0.583. The molecule has 0 atom stereocenters. The van der Waals surface area contributed by atoms with E-state index in [9.17, 15) is 26.7 Å². The maximum atomic E-state index is 12.9. The lowest BCUT2D eigenvalue weighted by Crippen LogP contribution is -2.30. The zero-order valence-electron chi connectivity index (χ0n) is 7.53. The van der Waals surface area contributed by atoms with Crippen LogP contribution < -0.4 is 11.1 Å². The molecule has 8 heteroatoms. The fraction of sp³-hybridized carbons (Fsp3) is 0.125. The van der Waals surface area contributed by atoms with E-state index in [-0.39, 0.29) is 6.07 Å². The molecule has 0 radical (unpaired) electrons. The lowest BCUT2D eigenvalue weighted by molar-refractivity contribution is -0.167. The van der Waals surface area contributed by atoms with Crippen molar-refractivity contribution in [3.63, 3.8) is 0 Å². The fourth-order valence-corrected chi connectivity index (χ4v) is 0.855. The molecule has 88 valence electrons. The molecule has 0 saturated heterocycles. The van der Waals surface area contributed by atoms with Gasteiger partial charge in [-0.15, -0.1) is 0 Å². The first kappa shape index (κ1) is 12.2. The molecule has 0 aliphatic rings. The Morgan fingerprint density at radius 3 is 2.25 bits per heavy atom. The first-order valence-electron chi connectivity index (χ1n) is 3.84. The molecule has 0 saturated carbocycles. The van der Waals surface area contributed by atoms with Crippen LogP contribution in [0, 0.1) is 11.6 Å². The van der Waals surface area contributed by atoms with Crippen LogP contribution in [0.15, 0.2) is 12.1 Å². The Labute approximate surface area is 86.0 Å². The predicted octanol–water partition coefficient (Wildman–Crippen LogP) is 2.05. The molecule has 0 spiro atoms. The van der Waals surface area contributed by atoms with Crippen LogP contribution in [0.5, 0.6) is 0 Å². The fourth-order valence-electron chi connectivity index (χ4n) is 0.855. The summed E-state index contributed by atoms with van der Waals surface area (Å²) in [5.74, 6) is -4.83. The molecular formula is C8H5F5N2O. The Morgan fingerprint density at radius 1 is 1.19 bits per heavy atom. The van der Waals surface area contributed by atoms with E-state index >= 15 is 0 Å². The van der Waals surface area contributed by atoms with E-state index in [0.29, 0.717) is 6.07 Å². The van der Waals surface area contributed by atoms with Crippen molar-refractivity contribution in [2.45, 2.75) is 6.18 Å². The van der Waals surface area contributed by atoms with Gasteiger partial charge in [0, 0.05) is 6.07 Å². The monoisotopic (exact) mass is 240 g/mol. The van der Waals surface area contributed by atoms with Gasteiger partial charge in [-0.2, -0.15) is 13.2 Å². The molecule has 0 aliphatic heterocycles. The van der Waals surface area contributed by atoms with Gasteiger partial charge in [0.05, 0.1) is 11.4 Å². The van der Waals surface area contributed by atoms with E-state index in [1.54, 1.807) is 0 Å². The number of benzene rings is 1. The molecular weight excluding hydrogens is 235 g/mol. The van der Waals surface area contributed by atoms with Gasteiger partial charge in [0.15, 0.2) is 0 Å². The van der Waals surface area contributed by atoms with Gasteiger partial charge < -0.3 is 11.1 Å². The predicted molar refractivity (Wildman–Crippen MR) is 45.5 cm³/mol. The number of nitrogens with one attached hydrogen (secondary N) is 1. The van der Waals surface area contributed by atoms with Crippen molar-refractivity contribution in [2.24, 2.45) is 0 Å². The molecule has 3 N–H and O–H groups in total. The highest BCUT2D eigenvalue weighted by molar-refractivity contribution is 5.95. The highest BCUT2D eigenvalue weighted by atomic mass is 19.4. The van der Waals surface area contributed by atoms with Crippen LogP contribution in [-0.4, -0.2) is 12.1 Å². The second-order valence-corrected chi connectivity index (χ2v) is 2.81. The number of nitrogen functional groups attached to an aromatic ring is 1. The molecule has 0 fully saturated rings. The summed E-state index contributed by atoms with van der Waals surface area (Å²) in [7, 11) is 0. The molecule has 3 nitrogen and oxygen atoms in total. The van der Waals surface area contributed by atoms with Gasteiger partial charge in [-0.25, -0.2) is 8.78 Å². The van der Waals surface area contributed by atoms with Gasteiger partial charge in [-0.1, -0.05) is 0 Å². The molecule has 0 heterocycles. The molecule has 0 aliphatic carbocycles. The number of anilines is 2. The summed E-state index contributed by atoms with van der Waals surface area (Å²) in [5, 5.41) is 1.23. The van der Waals surface area contributed by atoms with E-state index in [1.165, 1.54) is 5.32 Å². The zero-order chi connectivity index (χ0) is 12.5. The average molecular weight is 240 g/mol. The van der Waals surface area contributed by atoms with Crippen molar-refractivity contribution >= 4 is 17.3 Å². The molecule has 1 amide bonds. The number of hydrogen-bond donors (Lipinski definition) is 2. The normalized spacial score (nSPS) is 11.3. The summed E-state index contributed by atoms with van der Waals surface area (Å²) in [6.45, 7) is 0. The van der Waals surface area contributed by atoms with Crippen LogP contribution in [-0.2, 0) is 4.79 Å². The molecule has 1 aromatic rings. The third kappa shape index (κ3) is 2.59. The number of halogens is 5.